The first-order chi connectivity index (χ1) is 11.5. The van der Waals surface area contributed by atoms with Crippen molar-refractivity contribution < 1.29 is 0 Å². The molecule has 0 nitrogen and oxygen atoms in total. The van der Waals surface area contributed by atoms with Gasteiger partial charge in [-0.1, -0.05) is 43.8 Å². The molecule has 0 bridgehead atoms. The highest BCUT2D eigenvalue weighted by Gasteiger charge is 2.16. The lowest BCUT2D eigenvalue weighted by molar-refractivity contribution is 0.997. The number of allylic oxidation sites excluding steroid dienone is 10. The zero-order valence-electron chi connectivity index (χ0n) is 19.1. The summed E-state index contributed by atoms with van der Waals surface area (Å²) in [5.41, 5.74) is 13.1. The third-order valence-corrected chi connectivity index (χ3v) is 5.79. The van der Waals surface area contributed by atoms with Gasteiger partial charge in [-0.25, -0.2) is 0 Å². The van der Waals surface area contributed by atoms with Gasteiger partial charge >= 0.3 is 0 Å². The Balaban J connectivity index is 6.79. The minimum atomic E-state index is 0.560. The second-order valence-corrected chi connectivity index (χ2v) is 7.71. The molecule has 0 heterocycles. The molecule has 0 amide bonds. The average molecular weight is 340 g/mol. The molecule has 0 aliphatic carbocycles. The van der Waals surface area contributed by atoms with Crippen LogP contribution in [0, 0.1) is 0 Å². The van der Waals surface area contributed by atoms with E-state index in [-0.39, 0.29) is 0 Å². The van der Waals surface area contributed by atoms with E-state index in [9.17, 15) is 0 Å². The van der Waals surface area contributed by atoms with Crippen molar-refractivity contribution in [2.45, 2.75) is 94.8 Å². The molecule has 0 radical (unpaired) electrons. The van der Waals surface area contributed by atoms with Gasteiger partial charge in [-0.05, 0) is 107 Å². The first-order valence-electron chi connectivity index (χ1n) is 9.93. The molecule has 0 saturated carbocycles. The van der Waals surface area contributed by atoms with E-state index >= 15 is 0 Å². The Labute approximate surface area is 159 Å². The van der Waals surface area contributed by atoms with Crippen molar-refractivity contribution in [2.24, 2.45) is 0 Å². The second-order valence-electron chi connectivity index (χ2n) is 7.71. The van der Waals surface area contributed by atoms with E-state index in [4.69, 9.17) is 0 Å². The summed E-state index contributed by atoms with van der Waals surface area (Å²) in [5, 5.41) is 0. The molecular formula is C24H41B. The van der Waals surface area contributed by atoms with E-state index in [1.165, 1.54) is 50.2 Å². The monoisotopic (exact) mass is 340 g/mol. The van der Waals surface area contributed by atoms with E-state index in [1.807, 2.05) is 0 Å². The molecule has 0 N–H and O–H groups in total. The van der Waals surface area contributed by atoms with E-state index in [2.05, 4.69) is 90.1 Å². The van der Waals surface area contributed by atoms with Crippen molar-refractivity contribution >= 4 is 7.85 Å². The lowest BCUT2D eigenvalue weighted by Crippen LogP contribution is -2.04. The Bertz CT molecular complexity index is 627. The van der Waals surface area contributed by atoms with Gasteiger partial charge in [0.15, 0.2) is 0 Å². The summed E-state index contributed by atoms with van der Waals surface area (Å²) in [6.45, 7) is 24.9. The second kappa shape index (κ2) is 10.7. The largest absolute Gasteiger partial charge is 0.110 e. The minimum Gasteiger partial charge on any atom is -0.0842 e. The van der Waals surface area contributed by atoms with Crippen LogP contribution in [0.4, 0.5) is 0 Å². The summed E-state index contributed by atoms with van der Waals surface area (Å²) >= 11 is 0. The lowest BCUT2D eigenvalue weighted by atomic mass is 9.76. The fourth-order valence-electron chi connectivity index (χ4n) is 3.53. The standard InChI is InChI=1S/C24H41B/c1-12-22(13-2)17(7)18(8)23(14-3)20(10)24(16(6)15(4)5)19(9)21(11)25/h12,21H,13-14,25H2,1-11H3/b18-17-,22-12?,23-20+,24-19+. The normalized spacial score (nSPS) is 16.7. The van der Waals surface area contributed by atoms with Crippen LogP contribution in [0.15, 0.2) is 56.2 Å². The molecule has 0 aliphatic heterocycles. The maximum Gasteiger partial charge on any atom is 0.110 e. The third kappa shape index (κ3) is 5.91. The van der Waals surface area contributed by atoms with Gasteiger partial charge in [-0.3, -0.25) is 0 Å². The summed E-state index contributed by atoms with van der Waals surface area (Å²) in [7, 11) is 2.30. The molecule has 0 aromatic rings. The Morgan fingerprint density at radius 3 is 1.64 bits per heavy atom. The van der Waals surface area contributed by atoms with E-state index in [1.54, 1.807) is 0 Å². The summed E-state index contributed by atoms with van der Waals surface area (Å²) in [6.07, 6.45) is 4.43. The average Bonchev–Trinajstić information content (AvgIpc) is 2.55. The molecule has 0 spiro atoms. The van der Waals surface area contributed by atoms with Crippen molar-refractivity contribution in [3.05, 3.63) is 56.2 Å². The molecular weight excluding hydrogens is 299 g/mol. The highest BCUT2D eigenvalue weighted by atomic mass is 14.2. The maximum absolute atomic E-state index is 2.32. The Morgan fingerprint density at radius 1 is 0.800 bits per heavy atom. The van der Waals surface area contributed by atoms with Crippen molar-refractivity contribution in [3.63, 3.8) is 0 Å². The number of rotatable bonds is 7. The SMILES string of the molecule is BC(C)/C(C)=C(C(C)=C(C)C)/C(C)=C(CC)/C(C)=C(/C)C(=CC)CC. The fraction of sp³-hybridized carbons (Fsp3) is 0.583. The van der Waals surface area contributed by atoms with Gasteiger partial charge in [0.2, 0.25) is 0 Å². The van der Waals surface area contributed by atoms with Crippen LogP contribution in [0.3, 0.4) is 0 Å². The van der Waals surface area contributed by atoms with E-state index < -0.39 is 0 Å². The van der Waals surface area contributed by atoms with Crippen LogP contribution < -0.4 is 0 Å². The molecule has 1 atom stereocenters. The van der Waals surface area contributed by atoms with Crippen LogP contribution >= 0.6 is 0 Å². The third-order valence-electron chi connectivity index (χ3n) is 5.79. The Morgan fingerprint density at radius 2 is 1.32 bits per heavy atom. The summed E-state index contributed by atoms with van der Waals surface area (Å²) in [6, 6.07) is 0. The van der Waals surface area contributed by atoms with Crippen LogP contribution in [-0.4, -0.2) is 7.85 Å². The smallest absolute Gasteiger partial charge is 0.0842 e. The molecule has 0 rings (SSSR count). The van der Waals surface area contributed by atoms with Crippen LogP contribution in [0.5, 0.6) is 0 Å². The first-order valence-corrected chi connectivity index (χ1v) is 9.93. The predicted molar refractivity (Wildman–Crippen MR) is 120 cm³/mol. The quantitative estimate of drug-likeness (QED) is 0.332. The van der Waals surface area contributed by atoms with Crippen molar-refractivity contribution in [1.29, 1.82) is 0 Å². The summed E-state index contributed by atoms with van der Waals surface area (Å²) in [4.78, 5) is 0. The Hall–Kier alpha value is -1.24. The van der Waals surface area contributed by atoms with Gasteiger partial charge in [0.25, 0.3) is 0 Å². The topological polar surface area (TPSA) is 0 Å². The highest BCUT2D eigenvalue weighted by molar-refractivity contribution is 6.13. The van der Waals surface area contributed by atoms with Crippen molar-refractivity contribution in [3.8, 4) is 0 Å². The first kappa shape index (κ1) is 23.8. The molecule has 0 fully saturated rings. The fourth-order valence-corrected chi connectivity index (χ4v) is 3.53. The zero-order valence-corrected chi connectivity index (χ0v) is 19.1. The predicted octanol–water partition coefficient (Wildman–Crippen LogP) is 7.52. The summed E-state index contributed by atoms with van der Waals surface area (Å²) in [5.74, 6) is 0.560. The van der Waals surface area contributed by atoms with Crippen molar-refractivity contribution in [1.82, 2.24) is 0 Å². The van der Waals surface area contributed by atoms with Crippen LogP contribution in [0.25, 0.3) is 0 Å². The number of hydrogen-bond donors (Lipinski definition) is 0. The van der Waals surface area contributed by atoms with Gasteiger partial charge in [0, 0.05) is 0 Å². The molecule has 1 heteroatoms. The highest BCUT2D eigenvalue weighted by Crippen LogP contribution is 2.35. The van der Waals surface area contributed by atoms with Crippen LogP contribution in [0.1, 0.15) is 89.0 Å². The number of hydrogen-bond acceptors (Lipinski definition) is 0. The minimum absolute atomic E-state index is 0.560. The lowest BCUT2D eigenvalue weighted by Gasteiger charge is -2.23. The van der Waals surface area contributed by atoms with Gasteiger partial charge in [-0.2, -0.15) is 0 Å². The van der Waals surface area contributed by atoms with Crippen LogP contribution in [0.2, 0.25) is 5.82 Å². The van der Waals surface area contributed by atoms with E-state index in [0.29, 0.717) is 5.82 Å². The van der Waals surface area contributed by atoms with Crippen LogP contribution in [-0.2, 0) is 0 Å². The maximum atomic E-state index is 2.32. The molecule has 25 heavy (non-hydrogen) atoms. The molecule has 0 aliphatic rings. The molecule has 140 valence electrons. The summed E-state index contributed by atoms with van der Waals surface area (Å²) < 4.78 is 0. The zero-order chi connectivity index (χ0) is 19.9. The van der Waals surface area contributed by atoms with E-state index in [0.717, 1.165) is 12.8 Å². The molecule has 0 saturated heterocycles. The van der Waals surface area contributed by atoms with Gasteiger partial charge in [0.1, 0.15) is 7.85 Å². The molecule has 0 aromatic heterocycles. The van der Waals surface area contributed by atoms with Gasteiger partial charge in [0.05, 0.1) is 0 Å². The van der Waals surface area contributed by atoms with Gasteiger partial charge < -0.3 is 0 Å². The van der Waals surface area contributed by atoms with Crippen molar-refractivity contribution in [2.75, 3.05) is 0 Å². The van der Waals surface area contributed by atoms with Gasteiger partial charge in [-0.15, -0.1) is 0 Å². The Kier molecular flexibility index (Phi) is 10.2. The molecule has 1 unspecified atom stereocenters. The molecule has 0 aromatic carbocycles.